The fraction of sp³-hybridized carbons (Fsp3) is 0.500. The third kappa shape index (κ3) is 5.93. The van der Waals surface area contributed by atoms with Crippen molar-refractivity contribution in [2.24, 2.45) is 5.92 Å². The molecule has 0 N–H and O–H groups in total. The molecule has 214 valence electrons. The molecule has 0 radical (unpaired) electrons. The number of nitrogens with zero attached hydrogens (tertiary/aromatic N) is 2. The lowest BCUT2D eigenvalue weighted by Gasteiger charge is -2.34. The molecule has 1 unspecified atom stereocenters. The fourth-order valence-corrected chi connectivity index (χ4v) is 8.16. The SMILES string of the molecule is CC(C1CCN(C(=O)c2ncc(C(F)(F)F)cc2S(=O)(=O)C2CC2)CC1)S(=O)(=O)c1cccc(C(F)(F)F)c1. The number of rotatable bonds is 6. The van der Waals surface area contributed by atoms with Gasteiger partial charge in [-0.2, -0.15) is 26.3 Å². The van der Waals surface area contributed by atoms with Crippen molar-refractivity contribution in [2.45, 2.75) is 65.3 Å². The van der Waals surface area contributed by atoms with Crippen LogP contribution in [0.15, 0.2) is 46.3 Å². The van der Waals surface area contributed by atoms with Gasteiger partial charge in [-0.15, -0.1) is 0 Å². The van der Waals surface area contributed by atoms with E-state index in [0.717, 1.165) is 18.2 Å². The van der Waals surface area contributed by atoms with E-state index in [1.165, 1.54) is 11.8 Å². The van der Waals surface area contributed by atoms with Gasteiger partial charge in [0, 0.05) is 19.3 Å². The molecule has 7 nitrogen and oxygen atoms in total. The Hall–Kier alpha value is -2.68. The minimum absolute atomic E-state index is 0.0441. The Labute approximate surface area is 221 Å². The van der Waals surface area contributed by atoms with Crippen molar-refractivity contribution in [1.82, 2.24) is 9.88 Å². The molecule has 1 aromatic heterocycles. The first-order valence-electron chi connectivity index (χ1n) is 12.0. The van der Waals surface area contributed by atoms with E-state index in [1.54, 1.807) is 0 Å². The molecule has 2 aliphatic rings. The number of carbonyl (C=O) groups excluding carboxylic acids is 1. The van der Waals surface area contributed by atoms with Crippen molar-refractivity contribution in [3.05, 3.63) is 53.3 Å². The molecule has 4 rings (SSSR count). The van der Waals surface area contributed by atoms with Gasteiger partial charge in [0.15, 0.2) is 19.7 Å². The minimum Gasteiger partial charge on any atom is -0.337 e. The van der Waals surface area contributed by atoms with Crippen LogP contribution in [0.4, 0.5) is 26.3 Å². The van der Waals surface area contributed by atoms with Crippen molar-refractivity contribution in [3.8, 4) is 0 Å². The van der Waals surface area contributed by atoms with E-state index in [1.807, 2.05) is 0 Å². The van der Waals surface area contributed by atoms with E-state index in [9.17, 15) is 48.0 Å². The van der Waals surface area contributed by atoms with E-state index in [2.05, 4.69) is 4.98 Å². The quantitative estimate of drug-likeness (QED) is 0.444. The predicted octanol–water partition coefficient (Wildman–Crippen LogP) is 4.77. The van der Waals surface area contributed by atoms with Gasteiger partial charge in [0.25, 0.3) is 5.91 Å². The summed E-state index contributed by atoms with van der Waals surface area (Å²) in [6, 6.07) is 3.85. The molecule has 1 saturated carbocycles. The number of piperidine rings is 1. The molecule has 2 aromatic rings. The molecule has 1 aliphatic heterocycles. The molecule has 1 atom stereocenters. The number of amides is 1. The molecular formula is C24H24F6N2O5S2. The second-order valence-electron chi connectivity index (χ2n) is 9.72. The van der Waals surface area contributed by atoms with Gasteiger partial charge in [-0.05, 0) is 62.8 Å². The van der Waals surface area contributed by atoms with Crippen LogP contribution in [0.2, 0.25) is 0 Å². The second-order valence-corrected chi connectivity index (χ2v) is 14.2. The van der Waals surface area contributed by atoms with Crippen LogP contribution < -0.4 is 0 Å². The molecule has 2 fully saturated rings. The molecule has 1 saturated heterocycles. The van der Waals surface area contributed by atoms with Crippen LogP contribution in [0.1, 0.15) is 54.2 Å². The van der Waals surface area contributed by atoms with Crippen LogP contribution in [0, 0.1) is 5.92 Å². The van der Waals surface area contributed by atoms with Crippen LogP contribution in [0.25, 0.3) is 0 Å². The zero-order valence-electron chi connectivity index (χ0n) is 20.5. The van der Waals surface area contributed by atoms with Gasteiger partial charge < -0.3 is 4.90 Å². The van der Waals surface area contributed by atoms with Crippen molar-refractivity contribution in [3.63, 3.8) is 0 Å². The highest BCUT2D eigenvalue weighted by Crippen LogP contribution is 2.38. The lowest BCUT2D eigenvalue weighted by molar-refractivity contribution is -0.138. The highest BCUT2D eigenvalue weighted by Gasteiger charge is 2.43. The van der Waals surface area contributed by atoms with Crippen molar-refractivity contribution in [1.29, 1.82) is 0 Å². The van der Waals surface area contributed by atoms with Gasteiger partial charge in [0.05, 0.1) is 31.4 Å². The van der Waals surface area contributed by atoms with E-state index >= 15 is 0 Å². The summed E-state index contributed by atoms with van der Waals surface area (Å²) in [7, 11) is -8.38. The first-order chi connectivity index (χ1) is 17.9. The fourth-order valence-electron chi connectivity index (χ4n) is 4.57. The molecule has 0 bridgehead atoms. The number of sulfone groups is 2. The van der Waals surface area contributed by atoms with Gasteiger partial charge in [0.2, 0.25) is 0 Å². The highest BCUT2D eigenvalue weighted by molar-refractivity contribution is 7.92. The minimum atomic E-state index is -4.87. The summed E-state index contributed by atoms with van der Waals surface area (Å²) in [6.45, 7) is 1.28. The summed E-state index contributed by atoms with van der Waals surface area (Å²) in [5.41, 5.74) is -3.03. The monoisotopic (exact) mass is 598 g/mol. The van der Waals surface area contributed by atoms with Crippen molar-refractivity contribution >= 4 is 25.6 Å². The van der Waals surface area contributed by atoms with Crippen LogP contribution in [-0.4, -0.2) is 56.2 Å². The largest absolute Gasteiger partial charge is 0.417 e. The number of halogens is 6. The Morgan fingerprint density at radius 2 is 1.51 bits per heavy atom. The summed E-state index contributed by atoms with van der Waals surface area (Å²) < 4.78 is 131. The topological polar surface area (TPSA) is 101 Å². The lowest BCUT2D eigenvalue weighted by atomic mass is 9.94. The van der Waals surface area contributed by atoms with Crippen molar-refractivity contribution < 1.29 is 48.0 Å². The van der Waals surface area contributed by atoms with Gasteiger partial charge in [0.1, 0.15) is 5.69 Å². The van der Waals surface area contributed by atoms with E-state index in [4.69, 9.17) is 0 Å². The van der Waals surface area contributed by atoms with Crippen molar-refractivity contribution in [2.75, 3.05) is 13.1 Å². The van der Waals surface area contributed by atoms with Gasteiger partial charge in [-0.3, -0.25) is 4.79 Å². The third-order valence-electron chi connectivity index (χ3n) is 7.12. The number of benzene rings is 1. The maximum absolute atomic E-state index is 13.2. The molecule has 1 aromatic carbocycles. The Kier molecular flexibility index (Phi) is 7.56. The van der Waals surface area contributed by atoms with Crippen LogP contribution >= 0.6 is 0 Å². The molecule has 1 aliphatic carbocycles. The molecule has 39 heavy (non-hydrogen) atoms. The molecule has 2 heterocycles. The summed E-state index contributed by atoms with van der Waals surface area (Å²) in [6.07, 6.45) is -8.44. The maximum atomic E-state index is 13.2. The molecule has 1 amide bonds. The van der Waals surface area contributed by atoms with E-state index in [-0.39, 0.29) is 38.8 Å². The Bertz CT molecular complexity index is 1480. The first-order valence-corrected chi connectivity index (χ1v) is 15.0. The smallest absolute Gasteiger partial charge is 0.337 e. The number of likely N-dealkylation sites (tertiary alicyclic amines) is 1. The first kappa shape index (κ1) is 29.3. The summed E-state index contributed by atoms with van der Waals surface area (Å²) >= 11 is 0. The predicted molar refractivity (Wildman–Crippen MR) is 126 cm³/mol. The molecule has 15 heteroatoms. The zero-order chi connectivity index (χ0) is 29.0. The second kappa shape index (κ2) is 10.1. The summed E-state index contributed by atoms with van der Waals surface area (Å²) in [4.78, 5) is 16.7. The normalized spacial score (nSPS) is 18.7. The van der Waals surface area contributed by atoms with E-state index in [0.29, 0.717) is 18.3 Å². The Morgan fingerprint density at radius 3 is 2.05 bits per heavy atom. The number of alkyl halides is 6. The van der Waals surface area contributed by atoms with Crippen LogP contribution in [0.3, 0.4) is 0 Å². The number of aromatic nitrogens is 1. The van der Waals surface area contributed by atoms with Crippen LogP contribution in [0.5, 0.6) is 0 Å². The molecule has 0 spiro atoms. The Morgan fingerprint density at radius 1 is 0.923 bits per heavy atom. The number of hydrogen-bond acceptors (Lipinski definition) is 6. The average molecular weight is 599 g/mol. The standard InChI is InChI=1S/C24H24F6N2O5S2/c1-14(38(34,35)19-4-2-3-16(11-19)23(25,26)27)15-7-9-32(10-8-15)22(33)21-20(39(36,37)18-5-6-18)12-17(13-31-21)24(28,29)30/h2-4,11-15,18H,5-10H2,1H3. The van der Waals surface area contributed by atoms with Gasteiger partial charge in [-0.25, -0.2) is 21.8 Å². The lowest BCUT2D eigenvalue weighted by Crippen LogP contribution is -2.43. The zero-order valence-corrected chi connectivity index (χ0v) is 22.1. The van der Waals surface area contributed by atoms with Gasteiger partial charge >= 0.3 is 12.4 Å². The van der Waals surface area contributed by atoms with E-state index < -0.39 is 81.0 Å². The highest BCUT2D eigenvalue weighted by atomic mass is 32.2. The average Bonchev–Trinajstić information content (AvgIpc) is 3.73. The summed E-state index contributed by atoms with van der Waals surface area (Å²) in [5, 5.41) is -1.98. The number of pyridine rings is 1. The number of hydrogen-bond donors (Lipinski definition) is 0. The number of carbonyl (C=O) groups is 1. The molecular weight excluding hydrogens is 574 g/mol. The Balaban J connectivity index is 1.53. The van der Waals surface area contributed by atoms with Crippen LogP contribution in [-0.2, 0) is 32.0 Å². The van der Waals surface area contributed by atoms with Gasteiger partial charge in [-0.1, -0.05) is 6.07 Å². The summed E-state index contributed by atoms with van der Waals surface area (Å²) in [5.74, 6) is -1.43. The maximum Gasteiger partial charge on any atom is 0.417 e. The third-order valence-corrected chi connectivity index (χ3v) is 11.7.